The predicted octanol–water partition coefficient (Wildman–Crippen LogP) is 4.38. The second-order valence-corrected chi connectivity index (χ2v) is 5.24. The molecule has 21 heavy (non-hydrogen) atoms. The van der Waals surface area contributed by atoms with Gasteiger partial charge in [0.05, 0.1) is 11.6 Å². The maximum Gasteiger partial charge on any atom is 0.133 e. The van der Waals surface area contributed by atoms with E-state index in [-0.39, 0.29) is 6.04 Å². The molecule has 1 atom stereocenters. The van der Waals surface area contributed by atoms with Gasteiger partial charge in [-0.05, 0) is 61.2 Å². The highest BCUT2D eigenvalue weighted by atomic mass is 16.5. The van der Waals surface area contributed by atoms with Crippen LogP contribution in [0.3, 0.4) is 0 Å². The van der Waals surface area contributed by atoms with Crippen molar-refractivity contribution in [2.24, 2.45) is 5.73 Å². The van der Waals surface area contributed by atoms with E-state index >= 15 is 0 Å². The second kappa shape index (κ2) is 6.43. The zero-order chi connectivity index (χ0) is 15.4. The lowest BCUT2D eigenvalue weighted by molar-refractivity contribution is 0.474. The summed E-state index contributed by atoms with van der Waals surface area (Å²) in [7, 11) is 0. The number of hydrogen-bond acceptors (Lipinski definition) is 3. The lowest BCUT2D eigenvalue weighted by Crippen LogP contribution is -2.08. The van der Waals surface area contributed by atoms with E-state index in [0.717, 1.165) is 34.6 Å². The minimum atomic E-state index is 0.0671. The number of hydrogen-bond donors (Lipinski definition) is 1. The first kappa shape index (κ1) is 15.1. The first-order valence-electron chi connectivity index (χ1n) is 7.10. The van der Waals surface area contributed by atoms with Crippen LogP contribution in [0, 0.1) is 25.2 Å². The molecule has 0 saturated heterocycles. The van der Waals surface area contributed by atoms with Gasteiger partial charge < -0.3 is 10.5 Å². The van der Waals surface area contributed by atoms with Crippen molar-refractivity contribution in [2.45, 2.75) is 33.2 Å². The van der Waals surface area contributed by atoms with E-state index in [2.05, 4.69) is 13.0 Å². The molecular weight excluding hydrogens is 260 g/mol. The summed E-state index contributed by atoms with van der Waals surface area (Å²) in [4.78, 5) is 0. The van der Waals surface area contributed by atoms with Gasteiger partial charge in [0.15, 0.2) is 0 Å². The summed E-state index contributed by atoms with van der Waals surface area (Å²) in [6.07, 6.45) is 0.911. The molecule has 2 rings (SSSR count). The average molecular weight is 280 g/mol. The monoisotopic (exact) mass is 280 g/mol. The van der Waals surface area contributed by atoms with Crippen molar-refractivity contribution >= 4 is 0 Å². The fourth-order valence-electron chi connectivity index (χ4n) is 2.31. The van der Waals surface area contributed by atoms with Gasteiger partial charge in [-0.1, -0.05) is 19.1 Å². The van der Waals surface area contributed by atoms with E-state index in [1.54, 1.807) is 0 Å². The van der Waals surface area contributed by atoms with Crippen LogP contribution in [-0.2, 0) is 0 Å². The van der Waals surface area contributed by atoms with Crippen LogP contribution in [0.1, 0.15) is 41.6 Å². The highest BCUT2D eigenvalue weighted by molar-refractivity contribution is 5.49. The summed E-state index contributed by atoms with van der Waals surface area (Å²) in [6, 6.07) is 13.8. The quantitative estimate of drug-likeness (QED) is 0.904. The maximum absolute atomic E-state index is 8.97. The Labute approximate surface area is 126 Å². The number of benzene rings is 2. The zero-order valence-electron chi connectivity index (χ0n) is 12.7. The second-order valence-electron chi connectivity index (χ2n) is 5.24. The van der Waals surface area contributed by atoms with E-state index in [9.17, 15) is 0 Å². The lowest BCUT2D eigenvalue weighted by Gasteiger charge is -2.14. The Morgan fingerprint density at radius 1 is 1.14 bits per heavy atom. The van der Waals surface area contributed by atoms with Crippen molar-refractivity contribution in [1.29, 1.82) is 5.26 Å². The summed E-state index contributed by atoms with van der Waals surface area (Å²) >= 11 is 0. The first-order chi connectivity index (χ1) is 10.0. The number of nitrogens with two attached hydrogens (primary N) is 1. The Bertz CT molecular complexity index is 646. The van der Waals surface area contributed by atoms with Crippen molar-refractivity contribution in [3.63, 3.8) is 0 Å². The molecular formula is C18H20N2O. The van der Waals surface area contributed by atoms with Crippen LogP contribution in [0.15, 0.2) is 36.4 Å². The number of rotatable bonds is 4. The molecule has 2 aromatic rings. The first-order valence-corrected chi connectivity index (χ1v) is 7.10. The third kappa shape index (κ3) is 3.42. The number of nitriles is 1. The topological polar surface area (TPSA) is 59.0 Å². The van der Waals surface area contributed by atoms with Crippen LogP contribution in [0.25, 0.3) is 0 Å². The van der Waals surface area contributed by atoms with Crippen molar-refractivity contribution in [2.75, 3.05) is 0 Å². The normalized spacial score (nSPS) is 11.8. The number of aryl methyl sites for hydroxylation is 2. The van der Waals surface area contributed by atoms with Crippen LogP contribution < -0.4 is 10.5 Å². The molecule has 0 fully saturated rings. The average Bonchev–Trinajstić information content (AvgIpc) is 2.50. The number of nitrogens with zero attached hydrogens (tertiary/aromatic N) is 1. The summed E-state index contributed by atoms with van der Waals surface area (Å²) < 4.78 is 5.96. The standard InChI is InChI=1S/C18H20N2O/c1-4-17(20)15-5-7-16(8-6-15)21-18-12(2)9-14(11-19)10-13(18)3/h5-10,17H,4,20H2,1-3H3. The Morgan fingerprint density at radius 3 is 2.19 bits per heavy atom. The van der Waals surface area contributed by atoms with Gasteiger partial charge in [-0.2, -0.15) is 5.26 Å². The predicted molar refractivity (Wildman–Crippen MR) is 84.4 cm³/mol. The largest absolute Gasteiger partial charge is 0.457 e. The molecule has 0 aliphatic rings. The van der Waals surface area contributed by atoms with Gasteiger partial charge >= 0.3 is 0 Å². The molecule has 108 valence electrons. The molecule has 0 aliphatic heterocycles. The van der Waals surface area contributed by atoms with Gasteiger partial charge in [0.2, 0.25) is 0 Å². The molecule has 2 aromatic carbocycles. The van der Waals surface area contributed by atoms with Crippen molar-refractivity contribution in [1.82, 2.24) is 0 Å². The summed E-state index contributed by atoms with van der Waals surface area (Å²) in [6.45, 7) is 5.97. The summed E-state index contributed by atoms with van der Waals surface area (Å²) in [5, 5.41) is 8.97. The van der Waals surface area contributed by atoms with Crippen LogP contribution in [0.4, 0.5) is 0 Å². The molecule has 2 N–H and O–H groups in total. The van der Waals surface area contributed by atoms with Gasteiger partial charge in [-0.25, -0.2) is 0 Å². The molecule has 0 spiro atoms. The molecule has 0 radical (unpaired) electrons. The molecule has 0 saturated carbocycles. The van der Waals surface area contributed by atoms with Crippen molar-refractivity contribution in [3.8, 4) is 17.6 Å². The lowest BCUT2D eigenvalue weighted by atomic mass is 10.1. The third-order valence-electron chi connectivity index (χ3n) is 3.56. The molecule has 0 aliphatic carbocycles. The van der Waals surface area contributed by atoms with Crippen LogP contribution in [0.2, 0.25) is 0 Å². The highest BCUT2D eigenvalue weighted by Crippen LogP contribution is 2.30. The van der Waals surface area contributed by atoms with Gasteiger partial charge in [0.25, 0.3) is 0 Å². The van der Waals surface area contributed by atoms with Gasteiger partial charge in [-0.3, -0.25) is 0 Å². The Balaban J connectivity index is 2.25. The van der Waals surface area contributed by atoms with Gasteiger partial charge in [-0.15, -0.1) is 0 Å². The smallest absolute Gasteiger partial charge is 0.133 e. The minimum absolute atomic E-state index is 0.0671. The maximum atomic E-state index is 8.97. The van der Waals surface area contributed by atoms with E-state index in [1.165, 1.54) is 0 Å². The Morgan fingerprint density at radius 2 is 1.71 bits per heavy atom. The van der Waals surface area contributed by atoms with Gasteiger partial charge in [0.1, 0.15) is 11.5 Å². The summed E-state index contributed by atoms with van der Waals surface area (Å²) in [5.74, 6) is 1.58. The van der Waals surface area contributed by atoms with Crippen LogP contribution in [-0.4, -0.2) is 0 Å². The third-order valence-corrected chi connectivity index (χ3v) is 3.56. The van der Waals surface area contributed by atoms with Crippen molar-refractivity contribution < 1.29 is 4.74 Å². The van der Waals surface area contributed by atoms with Gasteiger partial charge in [0, 0.05) is 6.04 Å². The van der Waals surface area contributed by atoms with E-state index < -0.39 is 0 Å². The van der Waals surface area contributed by atoms with E-state index in [4.69, 9.17) is 15.7 Å². The molecule has 3 nitrogen and oxygen atoms in total. The minimum Gasteiger partial charge on any atom is -0.457 e. The zero-order valence-corrected chi connectivity index (χ0v) is 12.7. The molecule has 1 unspecified atom stereocenters. The fraction of sp³-hybridized carbons (Fsp3) is 0.278. The molecule has 0 bridgehead atoms. The molecule has 0 amide bonds. The fourth-order valence-corrected chi connectivity index (χ4v) is 2.31. The molecule has 3 heteroatoms. The van der Waals surface area contributed by atoms with E-state index in [0.29, 0.717) is 5.56 Å². The number of ether oxygens (including phenoxy) is 1. The highest BCUT2D eigenvalue weighted by Gasteiger charge is 2.09. The van der Waals surface area contributed by atoms with Crippen molar-refractivity contribution in [3.05, 3.63) is 58.7 Å². The molecule has 0 heterocycles. The van der Waals surface area contributed by atoms with Crippen LogP contribution in [0.5, 0.6) is 11.5 Å². The Hall–Kier alpha value is -2.31. The Kier molecular flexibility index (Phi) is 4.62. The van der Waals surface area contributed by atoms with E-state index in [1.807, 2.05) is 50.2 Å². The molecule has 0 aromatic heterocycles. The SMILES string of the molecule is CCC(N)c1ccc(Oc2c(C)cc(C#N)cc2C)cc1. The van der Waals surface area contributed by atoms with Crippen LogP contribution >= 0.6 is 0 Å². The summed E-state index contributed by atoms with van der Waals surface area (Å²) in [5.41, 5.74) is 9.69.